The van der Waals surface area contributed by atoms with Gasteiger partial charge in [0, 0.05) is 34.7 Å². The molecule has 1 heterocycles. The van der Waals surface area contributed by atoms with Crippen molar-refractivity contribution < 1.29 is 23.9 Å². The number of ketones is 1. The number of esters is 1. The van der Waals surface area contributed by atoms with E-state index < -0.39 is 12.0 Å². The van der Waals surface area contributed by atoms with Gasteiger partial charge < -0.3 is 19.7 Å². The minimum absolute atomic E-state index is 0.127. The summed E-state index contributed by atoms with van der Waals surface area (Å²) in [4.78, 5) is 41.9. The largest absolute Gasteiger partial charge is 0.492 e. The minimum Gasteiger partial charge on any atom is -0.492 e. The average Bonchev–Trinajstić information content (AvgIpc) is 3.72. The molecule has 0 bridgehead atoms. The molecule has 1 aliphatic rings. The number of nitrogens with one attached hydrogen (secondary N) is 1. The molecule has 1 amide bonds. The fraction of sp³-hybridized carbons (Fsp3) is 0.286. The number of anilines is 1. The number of thiophene rings is 1. The van der Waals surface area contributed by atoms with Crippen LogP contribution in [0.5, 0.6) is 5.75 Å². The summed E-state index contributed by atoms with van der Waals surface area (Å²) >= 11 is 1.61. The number of amides is 1. The molecule has 3 aromatic carbocycles. The summed E-state index contributed by atoms with van der Waals surface area (Å²) in [5.41, 5.74) is 2.53. The zero-order chi connectivity index (χ0) is 30.0. The van der Waals surface area contributed by atoms with E-state index in [0.717, 1.165) is 17.0 Å². The quantitative estimate of drug-likeness (QED) is 0.133. The van der Waals surface area contributed by atoms with Gasteiger partial charge in [-0.1, -0.05) is 60.7 Å². The van der Waals surface area contributed by atoms with Crippen molar-refractivity contribution in [1.82, 2.24) is 4.90 Å². The second-order valence-corrected chi connectivity index (χ2v) is 11.7. The van der Waals surface area contributed by atoms with Crippen molar-refractivity contribution in [1.29, 1.82) is 0 Å². The van der Waals surface area contributed by atoms with Gasteiger partial charge in [-0.25, -0.2) is 4.79 Å². The van der Waals surface area contributed by atoms with Crippen molar-refractivity contribution in [2.24, 2.45) is 5.92 Å². The maximum absolute atomic E-state index is 13.2. The molecule has 0 saturated heterocycles. The molecule has 222 valence electrons. The number of hydrogen-bond acceptors (Lipinski definition) is 7. The molecule has 4 aromatic rings. The Morgan fingerprint density at radius 3 is 2.37 bits per heavy atom. The maximum atomic E-state index is 13.2. The van der Waals surface area contributed by atoms with E-state index in [1.165, 1.54) is 20.0 Å². The van der Waals surface area contributed by atoms with E-state index >= 15 is 0 Å². The third-order valence-electron chi connectivity index (χ3n) is 7.45. The van der Waals surface area contributed by atoms with E-state index in [-0.39, 0.29) is 11.7 Å². The standard InChI is InChI=1S/C35H36N2O5S/c1-41-35(40)32(36-31-12-6-5-11-30(31)34(39)27-8-3-2-4-9-27)22-25-15-17-28(18-16-25)42-20-19-37(24-26-13-14-26)33(38)23-29-10-7-21-43-29/h2-12,15-18,21,26,32,36H,13-14,19-20,22-24H2,1H3. The van der Waals surface area contributed by atoms with Crippen molar-refractivity contribution >= 4 is 34.7 Å². The molecule has 1 aliphatic carbocycles. The fourth-order valence-electron chi connectivity index (χ4n) is 4.91. The van der Waals surface area contributed by atoms with Crippen LogP contribution in [0, 0.1) is 5.92 Å². The smallest absolute Gasteiger partial charge is 0.328 e. The van der Waals surface area contributed by atoms with Crippen LogP contribution in [0.1, 0.15) is 39.2 Å². The Bertz CT molecular complexity index is 1500. The van der Waals surface area contributed by atoms with Crippen LogP contribution in [-0.4, -0.2) is 55.4 Å². The van der Waals surface area contributed by atoms with Gasteiger partial charge in [0.05, 0.1) is 20.1 Å². The molecule has 7 nitrogen and oxygen atoms in total. The van der Waals surface area contributed by atoms with Gasteiger partial charge in [0.1, 0.15) is 18.4 Å². The van der Waals surface area contributed by atoms with E-state index in [2.05, 4.69) is 5.32 Å². The summed E-state index contributed by atoms with van der Waals surface area (Å²) in [6.07, 6.45) is 3.15. The van der Waals surface area contributed by atoms with Gasteiger partial charge in [-0.3, -0.25) is 9.59 Å². The summed E-state index contributed by atoms with van der Waals surface area (Å²) < 4.78 is 11.1. The molecule has 8 heteroatoms. The van der Waals surface area contributed by atoms with Crippen LogP contribution >= 0.6 is 11.3 Å². The Hall–Kier alpha value is -4.43. The van der Waals surface area contributed by atoms with E-state index in [1.807, 2.05) is 70.9 Å². The lowest BCUT2D eigenvalue weighted by Gasteiger charge is -2.23. The summed E-state index contributed by atoms with van der Waals surface area (Å²) in [5.74, 6) is 0.887. The number of para-hydroxylation sites is 1. The van der Waals surface area contributed by atoms with Crippen molar-refractivity contribution in [2.45, 2.75) is 31.7 Å². The number of carbonyl (C=O) groups is 3. The summed E-state index contributed by atoms with van der Waals surface area (Å²) in [6.45, 7) is 1.73. The number of benzene rings is 3. The van der Waals surface area contributed by atoms with Gasteiger partial charge in [0.25, 0.3) is 0 Å². The number of nitrogens with zero attached hydrogens (tertiary/aromatic N) is 1. The zero-order valence-corrected chi connectivity index (χ0v) is 25.1. The second kappa shape index (κ2) is 14.6. The highest BCUT2D eigenvalue weighted by Gasteiger charge is 2.27. The highest BCUT2D eigenvalue weighted by Crippen LogP contribution is 2.30. The Kier molecular flexibility index (Phi) is 10.2. The van der Waals surface area contributed by atoms with E-state index in [4.69, 9.17) is 9.47 Å². The van der Waals surface area contributed by atoms with Gasteiger partial charge >= 0.3 is 5.97 Å². The lowest BCUT2D eigenvalue weighted by atomic mass is 10.00. The van der Waals surface area contributed by atoms with Crippen molar-refractivity contribution in [3.05, 3.63) is 118 Å². The van der Waals surface area contributed by atoms with E-state index in [9.17, 15) is 14.4 Å². The molecule has 43 heavy (non-hydrogen) atoms. The molecule has 1 unspecified atom stereocenters. The van der Waals surface area contributed by atoms with Crippen molar-refractivity contribution in [3.8, 4) is 5.75 Å². The first kappa shape index (κ1) is 30.0. The fourth-order valence-corrected chi connectivity index (χ4v) is 5.61. The average molecular weight is 597 g/mol. The SMILES string of the molecule is COC(=O)C(Cc1ccc(OCCN(CC2CC2)C(=O)Cc2cccs2)cc1)Nc1ccccc1C(=O)c1ccccc1. The topological polar surface area (TPSA) is 84.9 Å². The van der Waals surface area contributed by atoms with Gasteiger partial charge in [-0.2, -0.15) is 0 Å². The predicted molar refractivity (Wildman–Crippen MR) is 169 cm³/mol. The Morgan fingerprint density at radius 1 is 0.930 bits per heavy atom. The lowest BCUT2D eigenvalue weighted by Crippen LogP contribution is -2.37. The first-order valence-corrected chi connectivity index (χ1v) is 15.4. The molecular weight excluding hydrogens is 560 g/mol. The molecule has 1 N–H and O–H groups in total. The molecule has 0 aliphatic heterocycles. The zero-order valence-electron chi connectivity index (χ0n) is 24.2. The van der Waals surface area contributed by atoms with Crippen molar-refractivity contribution in [2.75, 3.05) is 32.1 Å². The van der Waals surface area contributed by atoms with Crippen LogP contribution in [-0.2, 0) is 27.2 Å². The summed E-state index contributed by atoms with van der Waals surface area (Å²) in [7, 11) is 1.35. The van der Waals surface area contributed by atoms with Crippen LogP contribution in [0.15, 0.2) is 96.4 Å². The van der Waals surface area contributed by atoms with E-state index in [1.54, 1.807) is 41.7 Å². The van der Waals surface area contributed by atoms with Crippen LogP contribution in [0.4, 0.5) is 5.69 Å². The molecule has 1 atom stereocenters. The second-order valence-electron chi connectivity index (χ2n) is 10.7. The molecule has 1 aromatic heterocycles. The lowest BCUT2D eigenvalue weighted by molar-refractivity contribution is -0.141. The van der Waals surface area contributed by atoms with Gasteiger partial charge in [0.2, 0.25) is 5.91 Å². The molecular formula is C35H36N2O5S. The van der Waals surface area contributed by atoms with Gasteiger partial charge in [-0.15, -0.1) is 11.3 Å². The van der Waals surface area contributed by atoms with Crippen LogP contribution in [0.3, 0.4) is 0 Å². The number of rotatable bonds is 15. The predicted octanol–water partition coefficient (Wildman–Crippen LogP) is 6.04. The highest BCUT2D eigenvalue weighted by molar-refractivity contribution is 7.10. The number of carbonyl (C=O) groups excluding carboxylic acids is 3. The molecule has 0 radical (unpaired) electrons. The Balaban J connectivity index is 1.19. The summed E-state index contributed by atoms with van der Waals surface area (Å²) in [6, 6.07) is 27.1. The highest BCUT2D eigenvalue weighted by atomic mass is 32.1. The summed E-state index contributed by atoms with van der Waals surface area (Å²) in [5, 5.41) is 5.24. The maximum Gasteiger partial charge on any atom is 0.328 e. The third-order valence-corrected chi connectivity index (χ3v) is 8.33. The normalized spacial score (nSPS) is 13.1. The van der Waals surface area contributed by atoms with Crippen molar-refractivity contribution in [3.63, 3.8) is 0 Å². The Morgan fingerprint density at radius 2 is 1.67 bits per heavy atom. The monoisotopic (exact) mass is 596 g/mol. The molecule has 1 saturated carbocycles. The van der Waals surface area contributed by atoms with Gasteiger partial charge in [-0.05, 0) is 60.0 Å². The first-order valence-electron chi connectivity index (χ1n) is 14.5. The number of methoxy groups -OCH3 is 1. The Labute approximate surface area is 256 Å². The third kappa shape index (κ3) is 8.55. The molecule has 1 fully saturated rings. The van der Waals surface area contributed by atoms with E-state index in [0.29, 0.717) is 54.5 Å². The van der Waals surface area contributed by atoms with Crippen LogP contribution in [0.25, 0.3) is 0 Å². The van der Waals surface area contributed by atoms with Crippen LogP contribution in [0.2, 0.25) is 0 Å². The van der Waals surface area contributed by atoms with Crippen LogP contribution < -0.4 is 10.1 Å². The number of hydrogen-bond donors (Lipinski definition) is 1. The van der Waals surface area contributed by atoms with Gasteiger partial charge in [0.15, 0.2) is 5.78 Å². The number of ether oxygens (including phenoxy) is 2. The first-order chi connectivity index (χ1) is 21.0. The molecule has 0 spiro atoms. The molecule has 5 rings (SSSR count). The minimum atomic E-state index is -0.702.